The SMILES string of the molecule is CCCC(C)C(Br)c1cc(Br)ccc1OC. The van der Waals surface area contributed by atoms with Gasteiger partial charge in [-0.25, -0.2) is 0 Å². The monoisotopic (exact) mass is 348 g/mol. The first-order valence-corrected chi connectivity index (χ1v) is 7.28. The van der Waals surface area contributed by atoms with Crippen molar-refractivity contribution in [1.29, 1.82) is 0 Å². The lowest BCUT2D eigenvalue weighted by atomic mass is 9.96. The summed E-state index contributed by atoms with van der Waals surface area (Å²) in [6.07, 6.45) is 2.42. The molecule has 0 bridgehead atoms. The lowest BCUT2D eigenvalue weighted by Gasteiger charge is -2.20. The summed E-state index contributed by atoms with van der Waals surface area (Å²) in [5.74, 6) is 1.56. The number of hydrogen-bond acceptors (Lipinski definition) is 1. The summed E-state index contributed by atoms with van der Waals surface area (Å²) in [7, 11) is 1.72. The van der Waals surface area contributed by atoms with Crippen molar-refractivity contribution in [3.8, 4) is 5.75 Å². The molecule has 0 radical (unpaired) electrons. The zero-order valence-corrected chi connectivity index (χ0v) is 13.1. The molecule has 2 atom stereocenters. The van der Waals surface area contributed by atoms with Gasteiger partial charge in [0.15, 0.2) is 0 Å². The van der Waals surface area contributed by atoms with Crippen molar-refractivity contribution >= 4 is 31.9 Å². The van der Waals surface area contributed by atoms with Gasteiger partial charge in [0.05, 0.1) is 7.11 Å². The fourth-order valence-electron chi connectivity index (χ4n) is 1.83. The summed E-state index contributed by atoms with van der Waals surface area (Å²) in [6.45, 7) is 4.48. The molecule has 1 aromatic rings. The molecule has 16 heavy (non-hydrogen) atoms. The van der Waals surface area contributed by atoms with Crippen LogP contribution in [0.1, 0.15) is 37.1 Å². The fraction of sp³-hybridized carbons (Fsp3) is 0.538. The maximum Gasteiger partial charge on any atom is 0.123 e. The Morgan fingerprint density at radius 3 is 2.62 bits per heavy atom. The molecule has 0 fully saturated rings. The summed E-state index contributed by atoms with van der Waals surface area (Å²) in [6, 6.07) is 6.14. The number of ether oxygens (including phenoxy) is 1. The van der Waals surface area contributed by atoms with Crippen LogP contribution < -0.4 is 4.74 Å². The predicted molar refractivity (Wildman–Crippen MR) is 76.4 cm³/mol. The van der Waals surface area contributed by atoms with Crippen molar-refractivity contribution in [2.45, 2.75) is 31.5 Å². The molecular weight excluding hydrogens is 332 g/mol. The largest absolute Gasteiger partial charge is 0.496 e. The molecule has 0 amide bonds. The van der Waals surface area contributed by atoms with Gasteiger partial charge in [-0.15, -0.1) is 0 Å². The minimum absolute atomic E-state index is 0.347. The maximum atomic E-state index is 5.40. The molecule has 0 saturated heterocycles. The molecule has 0 N–H and O–H groups in total. The van der Waals surface area contributed by atoms with E-state index in [1.807, 2.05) is 12.1 Å². The lowest BCUT2D eigenvalue weighted by molar-refractivity contribution is 0.403. The quantitative estimate of drug-likeness (QED) is 0.653. The zero-order valence-electron chi connectivity index (χ0n) is 9.97. The third kappa shape index (κ3) is 3.49. The van der Waals surface area contributed by atoms with Crippen LogP contribution in [0.2, 0.25) is 0 Å². The highest BCUT2D eigenvalue weighted by Crippen LogP contribution is 2.39. The number of benzene rings is 1. The molecule has 1 nitrogen and oxygen atoms in total. The number of hydrogen-bond donors (Lipinski definition) is 0. The molecule has 1 rings (SSSR count). The van der Waals surface area contributed by atoms with E-state index in [-0.39, 0.29) is 0 Å². The molecule has 0 aliphatic carbocycles. The highest BCUT2D eigenvalue weighted by molar-refractivity contribution is 9.10. The van der Waals surface area contributed by atoms with Crippen LogP contribution >= 0.6 is 31.9 Å². The smallest absolute Gasteiger partial charge is 0.123 e. The average molecular weight is 350 g/mol. The van der Waals surface area contributed by atoms with Crippen LogP contribution in [-0.4, -0.2) is 7.11 Å². The normalized spacial score (nSPS) is 14.6. The van der Waals surface area contributed by atoms with E-state index in [4.69, 9.17) is 4.74 Å². The molecule has 0 heterocycles. The van der Waals surface area contributed by atoms with Gasteiger partial charge in [0, 0.05) is 14.9 Å². The lowest BCUT2D eigenvalue weighted by Crippen LogP contribution is -2.05. The Bertz CT molecular complexity index is 339. The number of halogens is 2. The molecule has 0 aromatic heterocycles. The molecular formula is C13H18Br2O. The zero-order chi connectivity index (χ0) is 12.1. The van der Waals surface area contributed by atoms with Crippen molar-refractivity contribution in [2.24, 2.45) is 5.92 Å². The van der Waals surface area contributed by atoms with Gasteiger partial charge in [-0.2, -0.15) is 0 Å². The Morgan fingerprint density at radius 2 is 2.06 bits per heavy atom. The van der Waals surface area contributed by atoms with Crippen molar-refractivity contribution < 1.29 is 4.74 Å². The first kappa shape index (κ1) is 14.0. The first-order chi connectivity index (χ1) is 7.60. The Balaban J connectivity index is 2.96. The van der Waals surface area contributed by atoms with E-state index in [1.165, 1.54) is 18.4 Å². The van der Waals surface area contributed by atoms with Gasteiger partial charge in [0.2, 0.25) is 0 Å². The summed E-state index contributed by atoms with van der Waals surface area (Å²) < 4.78 is 6.49. The van der Waals surface area contributed by atoms with Crippen LogP contribution in [0.15, 0.2) is 22.7 Å². The number of methoxy groups -OCH3 is 1. The first-order valence-electron chi connectivity index (χ1n) is 5.57. The summed E-state index contributed by atoms with van der Waals surface area (Å²) in [5, 5.41) is 0. The van der Waals surface area contributed by atoms with Gasteiger partial charge in [0.25, 0.3) is 0 Å². The van der Waals surface area contributed by atoms with Crippen molar-refractivity contribution in [3.63, 3.8) is 0 Å². The topological polar surface area (TPSA) is 9.23 Å². The molecule has 0 spiro atoms. The minimum atomic E-state index is 0.347. The standard InChI is InChI=1S/C13H18Br2O/c1-4-5-9(2)13(15)11-8-10(14)6-7-12(11)16-3/h6-9,13H,4-5H2,1-3H3. The van der Waals surface area contributed by atoms with Gasteiger partial charge in [-0.05, 0) is 30.5 Å². The Labute approximate surface area is 115 Å². The van der Waals surface area contributed by atoms with Crippen molar-refractivity contribution in [1.82, 2.24) is 0 Å². The van der Waals surface area contributed by atoms with Gasteiger partial charge in [0.1, 0.15) is 5.75 Å². The van der Waals surface area contributed by atoms with Crippen molar-refractivity contribution in [2.75, 3.05) is 7.11 Å². The highest BCUT2D eigenvalue weighted by atomic mass is 79.9. The van der Waals surface area contributed by atoms with E-state index in [1.54, 1.807) is 7.11 Å². The van der Waals surface area contributed by atoms with E-state index in [0.29, 0.717) is 10.7 Å². The van der Waals surface area contributed by atoms with E-state index in [2.05, 4.69) is 51.8 Å². The number of rotatable bonds is 5. The maximum absolute atomic E-state index is 5.40. The van der Waals surface area contributed by atoms with E-state index in [0.717, 1.165) is 10.2 Å². The van der Waals surface area contributed by atoms with E-state index >= 15 is 0 Å². The summed E-state index contributed by atoms with van der Waals surface area (Å²) >= 11 is 7.28. The van der Waals surface area contributed by atoms with Gasteiger partial charge in [-0.3, -0.25) is 0 Å². The van der Waals surface area contributed by atoms with Crippen LogP contribution in [0.3, 0.4) is 0 Å². The molecule has 1 aromatic carbocycles. The van der Waals surface area contributed by atoms with Gasteiger partial charge < -0.3 is 4.74 Å². The fourth-order valence-corrected chi connectivity index (χ4v) is 2.83. The van der Waals surface area contributed by atoms with Gasteiger partial charge in [-0.1, -0.05) is 52.1 Å². The van der Waals surface area contributed by atoms with Gasteiger partial charge >= 0.3 is 0 Å². The third-order valence-electron chi connectivity index (χ3n) is 2.73. The van der Waals surface area contributed by atoms with Crippen molar-refractivity contribution in [3.05, 3.63) is 28.2 Å². The second kappa shape index (κ2) is 6.65. The van der Waals surface area contributed by atoms with Crippen LogP contribution in [-0.2, 0) is 0 Å². The Hall–Kier alpha value is -0.0200. The Morgan fingerprint density at radius 1 is 1.38 bits per heavy atom. The van der Waals surface area contributed by atoms with E-state index < -0.39 is 0 Å². The highest BCUT2D eigenvalue weighted by Gasteiger charge is 2.19. The average Bonchev–Trinajstić information content (AvgIpc) is 2.28. The molecule has 2 unspecified atom stereocenters. The number of alkyl halides is 1. The third-order valence-corrected chi connectivity index (χ3v) is 4.62. The summed E-state index contributed by atoms with van der Waals surface area (Å²) in [5.41, 5.74) is 1.22. The van der Waals surface area contributed by atoms with E-state index in [9.17, 15) is 0 Å². The second-order valence-corrected chi connectivity index (χ2v) is 5.96. The molecule has 90 valence electrons. The molecule has 3 heteroatoms. The molecule has 0 aliphatic rings. The van der Waals surface area contributed by atoms with Crippen LogP contribution in [0.25, 0.3) is 0 Å². The second-order valence-electron chi connectivity index (χ2n) is 4.05. The van der Waals surface area contributed by atoms with Crippen LogP contribution in [0.4, 0.5) is 0 Å². The predicted octanol–water partition coefficient (Wildman–Crippen LogP) is 5.33. The summed E-state index contributed by atoms with van der Waals surface area (Å²) in [4.78, 5) is 0.347. The molecule has 0 saturated carbocycles. The molecule has 0 aliphatic heterocycles. The minimum Gasteiger partial charge on any atom is -0.496 e. The van der Waals surface area contributed by atoms with Crippen LogP contribution in [0, 0.1) is 5.92 Å². The Kier molecular flexibility index (Phi) is 5.84. The van der Waals surface area contributed by atoms with Crippen LogP contribution in [0.5, 0.6) is 5.75 Å².